The van der Waals surface area contributed by atoms with Crippen LogP contribution in [0.15, 0.2) is 0 Å². The predicted molar refractivity (Wildman–Crippen MR) is 61.9 cm³/mol. The Hall–Kier alpha value is -0.370. The van der Waals surface area contributed by atoms with Crippen molar-refractivity contribution in [2.45, 2.75) is 57.9 Å². The molecule has 1 atom stereocenters. The lowest BCUT2D eigenvalue weighted by molar-refractivity contribution is -0.120. The fraction of sp³-hybridized carbons (Fsp3) is 0.923. The smallest absolute Gasteiger partial charge is 0.146 e. The van der Waals surface area contributed by atoms with Crippen molar-refractivity contribution in [3.63, 3.8) is 0 Å². The summed E-state index contributed by atoms with van der Waals surface area (Å²) in [6.07, 6.45) is 8.98. The molecule has 2 aliphatic rings. The molecule has 86 valence electrons. The predicted octanol–water partition coefficient (Wildman–Crippen LogP) is 2.62. The molecule has 0 aromatic heterocycles. The third kappa shape index (κ3) is 2.60. The maximum absolute atomic E-state index is 11.5. The Morgan fingerprint density at radius 1 is 1.20 bits per heavy atom. The quantitative estimate of drug-likeness (QED) is 0.709. The van der Waals surface area contributed by atoms with E-state index in [-0.39, 0.29) is 0 Å². The molecule has 1 heterocycles. The second-order valence-corrected chi connectivity index (χ2v) is 5.12. The average Bonchev–Trinajstić information content (AvgIpc) is 2.86. The zero-order chi connectivity index (χ0) is 10.7. The van der Waals surface area contributed by atoms with Crippen LogP contribution in [0.5, 0.6) is 0 Å². The van der Waals surface area contributed by atoms with E-state index in [2.05, 4.69) is 4.90 Å². The summed E-state index contributed by atoms with van der Waals surface area (Å²) >= 11 is 0. The highest BCUT2D eigenvalue weighted by atomic mass is 16.1. The van der Waals surface area contributed by atoms with Gasteiger partial charge in [0.05, 0.1) is 6.54 Å². The molecule has 0 spiro atoms. The second kappa shape index (κ2) is 5.11. The van der Waals surface area contributed by atoms with Gasteiger partial charge in [-0.05, 0) is 38.1 Å². The van der Waals surface area contributed by atoms with Crippen LogP contribution in [-0.2, 0) is 4.79 Å². The van der Waals surface area contributed by atoms with Gasteiger partial charge in [-0.15, -0.1) is 0 Å². The largest absolute Gasteiger partial charge is 0.298 e. The number of ketones is 1. The molecule has 1 aliphatic heterocycles. The molecule has 0 aromatic rings. The van der Waals surface area contributed by atoms with E-state index in [9.17, 15) is 4.79 Å². The molecule has 0 bridgehead atoms. The molecule has 0 amide bonds. The summed E-state index contributed by atoms with van der Waals surface area (Å²) in [4.78, 5) is 13.9. The van der Waals surface area contributed by atoms with Crippen LogP contribution in [-0.4, -0.2) is 29.8 Å². The van der Waals surface area contributed by atoms with Gasteiger partial charge in [0.25, 0.3) is 0 Å². The topological polar surface area (TPSA) is 20.3 Å². The van der Waals surface area contributed by atoms with E-state index in [0.717, 1.165) is 25.0 Å². The Morgan fingerprint density at radius 3 is 2.60 bits per heavy atom. The zero-order valence-corrected chi connectivity index (χ0v) is 9.87. The molecule has 1 unspecified atom stereocenters. The second-order valence-electron chi connectivity index (χ2n) is 5.12. The Kier molecular flexibility index (Phi) is 3.79. The van der Waals surface area contributed by atoms with E-state index in [1.807, 2.05) is 6.92 Å². The van der Waals surface area contributed by atoms with Gasteiger partial charge in [-0.1, -0.05) is 19.8 Å². The van der Waals surface area contributed by atoms with Gasteiger partial charge in [0.2, 0.25) is 0 Å². The molecular formula is C13H23NO. The molecule has 2 nitrogen and oxygen atoms in total. The lowest BCUT2D eigenvalue weighted by Crippen LogP contribution is -2.38. The number of carbonyl (C=O) groups excluding carboxylic acids is 1. The Labute approximate surface area is 93.0 Å². The van der Waals surface area contributed by atoms with Crippen molar-refractivity contribution >= 4 is 5.78 Å². The molecular weight excluding hydrogens is 186 g/mol. The highest BCUT2D eigenvalue weighted by molar-refractivity contribution is 5.80. The molecule has 2 fully saturated rings. The summed E-state index contributed by atoms with van der Waals surface area (Å²) in [6.45, 7) is 3.85. The summed E-state index contributed by atoms with van der Waals surface area (Å²) in [6, 6.07) is 0.739. The molecule has 1 aliphatic carbocycles. The molecule has 1 saturated heterocycles. The van der Waals surface area contributed by atoms with Gasteiger partial charge in [-0.3, -0.25) is 9.69 Å². The van der Waals surface area contributed by atoms with E-state index < -0.39 is 0 Å². The molecule has 1 saturated carbocycles. The van der Waals surface area contributed by atoms with Crippen molar-refractivity contribution in [3.8, 4) is 0 Å². The monoisotopic (exact) mass is 209 g/mol. The van der Waals surface area contributed by atoms with Crippen LogP contribution in [0.25, 0.3) is 0 Å². The molecule has 0 aromatic carbocycles. The molecule has 2 rings (SSSR count). The number of Topliss-reactive ketones (excluding diaryl/α,β-unsaturated/α-hetero) is 1. The van der Waals surface area contributed by atoms with Crippen LogP contribution in [0.3, 0.4) is 0 Å². The van der Waals surface area contributed by atoms with Crippen molar-refractivity contribution in [1.82, 2.24) is 4.90 Å². The molecule has 0 N–H and O–H groups in total. The number of carbonyl (C=O) groups is 1. The standard InChI is InChI=1S/C13H23NO/c1-2-12(15)10-14-9-5-8-13(14)11-6-3-4-7-11/h11,13H,2-10H2,1H3. The van der Waals surface area contributed by atoms with E-state index in [0.29, 0.717) is 12.2 Å². The summed E-state index contributed by atoms with van der Waals surface area (Å²) < 4.78 is 0. The molecule has 0 radical (unpaired) electrons. The van der Waals surface area contributed by atoms with Gasteiger partial charge in [0.15, 0.2) is 0 Å². The minimum Gasteiger partial charge on any atom is -0.298 e. The maximum atomic E-state index is 11.5. The number of nitrogens with zero attached hydrogens (tertiary/aromatic N) is 1. The van der Waals surface area contributed by atoms with Crippen molar-refractivity contribution < 1.29 is 4.79 Å². The van der Waals surface area contributed by atoms with Gasteiger partial charge < -0.3 is 0 Å². The van der Waals surface area contributed by atoms with Gasteiger partial charge >= 0.3 is 0 Å². The van der Waals surface area contributed by atoms with Crippen molar-refractivity contribution in [1.29, 1.82) is 0 Å². The lowest BCUT2D eigenvalue weighted by atomic mass is 9.96. The van der Waals surface area contributed by atoms with Crippen LogP contribution >= 0.6 is 0 Å². The Morgan fingerprint density at radius 2 is 1.93 bits per heavy atom. The minimum absolute atomic E-state index is 0.417. The number of rotatable bonds is 4. The SMILES string of the molecule is CCC(=O)CN1CCCC1C1CCCC1. The van der Waals surface area contributed by atoms with Crippen LogP contribution in [0.1, 0.15) is 51.9 Å². The number of hydrogen-bond acceptors (Lipinski definition) is 2. The summed E-state index contributed by atoms with van der Waals surface area (Å²) in [5.74, 6) is 1.32. The highest BCUT2D eigenvalue weighted by Crippen LogP contribution is 2.35. The first kappa shape index (κ1) is 11.1. The Balaban J connectivity index is 1.89. The minimum atomic E-state index is 0.417. The summed E-state index contributed by atoms with van der Waals surface area (Å²) in [5.41, 5.74) is 0. The van der Waals surface area contributed by atoms with E-state index in [1.54, 1.807) is 0 Å². The van der Waals surface area contributed by atoms with Crippen molar-refractivity contribution in [2.24, 2.45) is 5.92 Å². The summed E-state index contributed by atoms with van der Waals surface area (Å²) in [7, 11) is 0. The van der Waals surface area contributed by atoms with Crippen molar-refractivity contribution in [2.75, 3.05) is 13.1 Å². The highest BCUT2D eigenvalue weighted by Gasteiger charge is 2.33. The van der Waals surface area contributed by atoms with Crippen LogP contribution in [0.4, 0.5) is 0 Å². The normalized spacial score (nSPS) is 28.7. The number of likely N-dealkylation sites (tertiary alicyclic amines) is 1. The molecule has 2 heteroatoms. The zero-order valence-electron chi connectivity index (χ0n) is 9.87. The van der Waals surface area contributed by atoms with Gasteiger partial charge in [0.1, 0.15) is 5.78 Å². The van der Waals surface area contributed by atoms with Crippen LogP contribution in [0, 0.1) is 5.92 Å². The van der Waals surface area contributed by atoms with Crippen molar-refractivity contribution in [3.05, 3.63) is 0 Å². The Bertz CT molecular complexity index is 221. The first-order chi connectivity index (χ1) is 7.31. The third-order valence-electron chi connectivity index (χ3n) is 4.13. The number of hydrogen-bond donors (Lipinski definition) is 0. The first-order valence-electron chi connectivity index (χ1n) is 6.57. The average molecular weight is 209 g/mol. The fourth-order valence-electron chi connectivity index (χ4n) is 3.26. The van der Waals surface area contributed by atoms with Gasteiger partial charge in [-0.2, -0.15) is 0 Å². The van der Waals surface area contributed by atoms with Crippen LogP contribution in [0.2, 0.25) is 0 Å². The maximum Gasteiger partial charge on any atom is 0.146 e. The van der Waals surface area contributed by atoms with E-state index >= 15 is 0 Å². The third-order valence-corrected chi connectivity index (χ3v) is 4.13. The lowest BCUT2D eigenvalue weighted by Gasteiger charge is -2.28. The van der Waals surface area contributed by atoms with Gasteiger partial charge in [-0.25, -0.2) is 0 Å². The van der Waals surface area contributed by atoms with E-state index in [1.165, 1.54) is 38.5 Å². The first-order valence-corrected chi connectivity index (χ1v) is 6.57. The summed E-state index contributed by atoms with van der Waals surface area (Å²) in [5, 5.41) is 0. The fourth-order valence-corrected chi connectivity index (χ4v) is 3.26. The van der Waals surface area contributed by atoms with E-state index in [4.69, 9.17) is 0 Å². The van der Waals surface area contributed by atoms with Crippen LogP contribution < -0.4 is 0 Å². The molecule has 15 heavy (non-hydrogen) atoms. The van der Waals surface area contributed by atoms with Gasteiger partial charge in [0, 0.05) is 12.5 Å².